The maximum absolute atomic E-state index is 13.0. The van der Waals surface area contributed by atoms with E-state index in [1.54, 1.807) is 6.20 Å². The van der Waals surface area contributed by atoms with Crippen LogP contribution in [-0.2, 0) is 0 Å². The summed E-state index contributed by atoms with van der Waals surface area (Å²) in [5, 5.41) is 7.60. The van der Waals surface area contributed by atoms with Gasteiger partial charge in [-0.25, -0.2) is 4.68 Å². The van der Waals surface area contributed by atoms with Crippen LogP contribution in [0.4, 0.5) is 0 Å². The van der Waals surface area contributed by atoms with Gasteiger partial charge in [-0.2, -0.15) is 5.10 Å². The predicted octanol–water partition coefficient (Wildman–Crippen LogP) is 4.05. The van der Waals surface area contributed by atoms with Gasteiger partial charge in [0.2, 0.25) is 0 Å². The van der Waals surface area contributed by atoms with Crippen molar-refractivity contribution in [2.24, 2.45) is 0 Å². The fraction of sp³-hybridized carbons (Fsp3) is 0.417. The largest absolute Gasteiger partial charge is 0.352 e. The number of hydrogen-bond donors (Lipinski definition) is 1. The van der Waals surface area contributed by atoms with Gasteiger partial charge < -0.3 is 14.8 Å². The Hall–Kier alpha value is -2.86. The number of carbonyl (C=O) groups excluding carboxylic acids is 1. The second kappa shape index (κ2) is 9.76. The molecule has 6 nitrogen and oxygen atoms in total. The lowest BCUT2D eigenvalue weighted by Gasteiger charge is -2.31. The molecule has 6 heteroatoms. The molecular weight excluding hydrogens is 374 g/mol. The van der Waals surface area contributed by atoms with E-state index >= 15 is 0 Å². The van der Waals surface area contributed by atoms with Crippen molar-refractivity contribution in [3.63, 3.8) is 0 Å². The molecule has 0 bridgehead atoms. The summed E-state index contributed by atoms with van der Waals surface area (Å²) in [5.74, 6) is 0.671. The molecule has 0 unspecified atom stereocenters. The van der Waals surface area contributed by atoms with Gasteiger partial charge in [-0.05, 0) is 57.1 Å². The first-order valence-electron chi connectivity index (χ1n) is 11.0. The normalized spacial score (nSPS) is 14.9. The van der Waals surface area contributed by atoms with E-state index in [2.05, 4.69) is 22.4 Å². The number of rotatable bonds is 8. The Morgan fingerprint density at radius 1 is 1.10 bits per heavy atom. The Kier molecular flexibility index (Phi) is 6.64. The molecule has 2 aromatic heterocycles. The van der Waals surface area contributed by atoms with Crippen molar-refractivity contribution in [1.82, 2.24) is 24.6 Å². The molecule has 1 amide bonds. The maximum Gasteiger partial charge on any atom is 0.256 e. The lowest BCUT2D eigenvalue weighted by Crippen LogP contribution is -2.36. The van der Waals surface area contributed by atoms with Gasteiger partial charge in [0.1, 0.15) is 5.56 Å². The number of aromatic nitrogens is 3. The van der Waals surface area contributed by atoms with E-state index in [0.29, 0.717) is 18.2 Å². The zero-order valence-electron chi connectivity index (χ0n) is 17.7. The highest BCUT2D eigenvalue weighted by atomic mass is 16.1. The van der Waals surface area contributed by atoms with Gasteiger partial charge >= 0.3 is 0 Å². The van der Waals surface area contributed by atoms with Gasteiger partial charge in [0.15, 0.2) is 5.82 Å². The van der Waals surface area contributed by atoms with E-state index in [4.69, 9.17) is 0 Å². The number of benzene rings is 1. The standard InChI is InChI=1S/C24H31N5O/c1-27(20-11-4-2-5-12-20)16-10-15-25-23(30)22-19-26-29(21-13-6-3-7-14-21)24(22)28-17-8-9-18-28/h3,6-9,13-14,17-20H,2,4-5,10-12,15-16H2,1H3,(H,25,30). The van der Waals surface area contributed by atoms with Crippen LogP contribution >= 0.6 is 0 Å². The highest BCUT2D eigenvalue weighted by Crippen LogP contribution is 2.22. The zero-order chi connectivity index (χ0) is 20.8. The van der Waals surface area contributed by atoms with E-state index in [1.807, 2.05) is 64.1 Å². The number of para-hydroxylation sites is 1. The molecule has 4 rings (SSSR count). The topological polar surface area (TPSA) is 55.1 Å². The summed E-state index contributed by atoms with van der Waals surface area (Å²) in [5.41, 5.74) is 1.50. The zero-order valence-corrected chi connectivity index (χ0v) is 17.7. The quantitative estimate of drug-likeness (QED) is 0.575. The summed E-state index contributed by atoms with van der Waals surface area (Å²) < 4.78 is 3.75. The number of nitrogens with one attached hydrogen (secondary N) is 1. The monoisotopic (exact) mass is 405 g/mol. The number of hydrogen-bond acceptors (Lipinski definition) is 3. The van der Waals surface area contributed by atoms with Crippen LogP contribution in [0.1, 0.15) is 48.9 Å². The number of amides is 1. The van der Waals surface area contributed by atoms with E-state index in [-0.39, 0.29) is 5.91 Å². The minimum absolute atomic E-state index is 0.0822. The molecule has 30 heavy (non-hydrogen) atoms. The van der Waals surface area contributed by atoms with Crippen molar-refractivity contribution in [2.75, 3.05) is 20.1 Å². The van der Waals surface area contributed by atoms with Crippen molar-refractivity contribution in [3.05, 3.63) is 66.6 Å². The summed E-state index contributed by atoms with van der Waals surface area (Å²) >= 11 is 0. The maximum atomic E-state index is 13.0. The van der Waals surface area contributed by atoms with Crippen LogP contribution in [0.25, 0.3) is 11.5 Å². The number of carbonyl (C=O) groups is 1. The fourth-order valence-corrected chi connectivity index (χ4v) is 4.31. The van der Waals surface area contributed by atoms with Crippen molar-refractivity contribution in [1.29, 1.82) is 0 Å². The molecule has 0 aliphatic heterocycles. The number of nitrogens with zero attached hydrogens (tertiary/aromatic N) is 4. The minimum atomic E-state index is -0.0822. The molecule has 0 atom stereocenters. The van der Waals surface area contributed by atoms with Crippen LogP contribution in [0.15, 0.2) is 61.1 Å². The molecule has 1 aliphatic carbocycles. The molecule has 2 heterocycles. The molecule has 0 saturated heterocycles. The Labute approximate surface area is 178 Å². The molecule has 3 aromatic rings. The molecule has 1 fully saturated rings. The van der Waals surface area contributed by atoms with Gasteiger partial charge in [-0.3, -0.25) is 4.79 Å². The first-order valence-corrected chi connectivity index (χ1v) is 11.0. The van der Waals surface area contributed by atoms with Gasteiger partial charge in [-0.1, -0.05) is 37.5 Å². The lowest BCUT2D eigenvalue weighted by molar-refractivity contribution is 0.0950. The van der Waals surface area contributed by atoms with E-state index in [9.17, 15) is 4.79 Å². The average molecular weight is 406 g/mol. The van der Waals surface area contributed by atoms with Crippen LogP contribution < -0.4 is 5.32 Å². The Morgan fingerprint density at radius 3 is 2.57 bits per heavy atom. The highest BCUT2D eigenvalue weighted by Gasteiger charge is 2.20. The van der Waals surface area contributed by atoms with Crippen molar-refractivity contribution < 1.29 is 4.79 Å². The lowest BCUT2D eigenvalue weighted by atomic mass is 9.94. The van der Waals surface area contributed by atoms with Crippen molar-refractivity contribution >= 4 is 5.91 Å². The van der Waals surface area contributed by atoms with Gasteiger partial charge in [0.05, 0.1) is 11.9 Å². The van der Waals surface area contributed by atoms with Crippen LogP contribution in [0, 0.1) is 0 Å². The highest BCUT2D eigenvalue weighted by molar-refractivity contribution is 5.97. The molecule has 1 aliphatic rings. The summed E-state index contributed by atoms with van der Waals surface area (Å²) in [6, 6.07) is 14.5. The van der Waals surface area contributed by atoms with Gasteiger partial charge in [-0.15, -0.1) is 0 Å². The molecule has 0 spiro atoms. The first kappa shape index (κ1) is 20.4. The van der Waals surface area contributed by atoms with Gasteiger partial charge in [0, 0.05) is 25.0 Å². The van der Waals surface area contributed by atoms with E-state index in [1.165, 1.54) is 32.1 Å². The minimum Gasteiger partial charge on any atom is -0.352 e. The third kappa shape index (κ3) is 4.65. The second-order valence-corrected chi connectivity index (χ2v) is 8.10. The van der Waals surface area contributed by atoms with E-state index in [0.717, 1.165) is 24.5 Å². The van der Waals surface area contributed by atoms with Gasteiger partial charge in [0.25, 0.3) is 5.91 Å². The van der Waals surface area contributed by atoms with Crippen molar-refractivity contribution in [3.8, 4) is 11.5 Å². The SMILES string of the molecule is CN(CCCNC(=O)c1cnn(-c2ccccc2)c1-n1cccc1)C1CCCCC1. The third-order valence-electron chi connectivity index (χ3n) is 6.01. The Bertz CT molecular complexity index is 926. The predicted molar refractivity (Wildman–Crippen MR) is 119 cm³/mol. The summed E-state index contributed by atoms with van der Waals surface area (Å²) in [7, 11) is 2.21. The molecule has 158 valence electrons. The average Bonchev–Trinajstić information content (AvgIpc) is 3.47. The molecule has 1 saturated carbocycles. The van der Waals surface area contributed by atoms with Crippen LogP contribution in [0.5, 0.6) is 0 Å². The molecular formula is C24H31N5O. The second-order valence-electron chi connectivity index (χ2n) is 8.10. The van der Waals surface area contributed by atoms with Crippen LogP contribution in [0.3, 0.4) is 0 Å². The molecule has 0 radical (unpaired) electrons. The van der Waals surface area contributed by atoms with Crippen LogP contribution in [0.2, 0.25) is 0 Å². The Morgan fingerprint density at radius 2 is 1.83 bits per heavy atom. The smallest absolute Gasteiger partial charge is 0.256 e. The van der Waals surface area contributed by atoms with Crippen LogP contribution in [-0.4, -0.2) is 51.3 Å². The summed E-state index contributed by atoms with van der Waals surface area (Å²) in [6.07, 6.45) is 13.2. The van der Waals surface area contributed by atoms with E-state index < -0.39 is 0 Å². The molecule has 1 aromatic carbocycles. The fourth-order valence-electron chi connectivity index (χ4n) is 4.31. The summed E-state index contributed by atoms with van der Waals surface area (Å²) in [4.78, 5) is 15.4. The Balaban J connectivity index is 1.41. The third-order valence-corrected chi connectivity index (χ3v) is 6.01. The first-order chi connectivity index (χ1) is 14.7. The summed E-state index contributed by atoms with van der Waals surface area (Å²) in [6.45, 7) is 1.68. The molecule has 1 N–H and O–H groups in total. The van der Waals surface area contributed by atoms with Crippen molar-refractivity contribution in [2.45, 2.75) is 44.6 Å².